The van der Waals surface area contributed by atoms with Crippen molar-refractivity contribution in [2.45, 2.75) is 49.9 Å². The number of fused-ring (bicyclic) bond motifs is 2. The van der Waals surface area contributed by atoms with Crippen molar-refractivity contribution in [1.82, 2.24) is 14.9 Å². The molecule has 0 unspecified atom stereocenters. The third-order valence-electron chi connectivity index (χ3n) is 9.42. The van der Waals surface area contributed by atoms with Gasteiger partial charge < -0.3 is 25.0 Å². The zero-order valence-corrected chi connectivity index (χ0v) is 25.9. The maximum absolute atomic E-state index is 12.5. The summed E-state index contributed by atoms with van der Waals surface area (Å²) in [5.41, 5.74) is 3.78. The van der Waals surface area contributed by atoms with Gasteiger partial charge in [0, 0.05) is 50.3 Å². The van der Waals surface area contributed by atoms with Crippen molar-refractivity contribution in [3.63, 3.8) is 0 Å². The minimum absolute atomic E-state index is 0.0938. The van der Waals surface area contributed by atoms with Gasteiger partial charge in [-0.15, -0.1) is 0 Å². The van der Waals surface area contributed by atoms with Crippen molar-refractivity contribution in [2.24, 2.45) is 0 Å². The molecular weight excluding hydrogens is 584 g/mol. The summed E-state index contributed by atoms with van der Waals surface area (Å²) in [6.07, 6.45) is 7.14. The van der Waals surface area contributed by atoms with Crippen molar-refractivity contribution < 1.29 is 19.1 Å². The quantitative estimate of drug-likeness (QED) is 0.326. The third-order valence-corrected chi connectivity index (χ3v) is 9.42. The number of ether oxygens (including phenoxy) is 2. The number of hydrogen-bond acceptors (Lipinski definition) is 11. The fourth-order valence-electron chi connectivity index (χ4n) is 7.18. The smallest absolute Gasteiger partial charge is 0.247 e. The maximum atomic E-state index is 12.5. The number of carbonyl (C=O) groups is 1. The number of nitrogens with zero attached hydrogens (tertiary/aromatic N) is 6. The number of nitriles is 1. The van der Waals surface area contributed by atoms with Crippen molar-refractivity contribution >= 4 is 34.6 Å². The predicted octanol–water partition coefficient (Wildman–Crippen LogP) is 4.55. The van der Waals surface area contributed by atoms with Crippen LogP contribution in [0.15, 0.2) is 61.4 Å². The number of benzene rings is 2. The monoisotopic (exact) mass is 622 g/mol. The number of nitrogens with one attached hydrogen (secondary N) is 2. The lowest BCUT2D eigenvalue weighted by Crippen LogP contribution is -2.49. The van der Waals surface area contributed by atoms with Crippen LogP contribution < -0.4 is 25.3 Å². The molecule has 2 N–H and O–H groups in total. The van der Waals surface area contributed by atoms with E-state index in [1.807, 2.05) is 36.4 Å². The Morgan fingerprint density at radius 1 is 1.13 bits per heavy atom. The highest BCUT2D eigenvalue weighted by atomic mass is 16.7. The normalized spacial score (nSPS) is 22.9. The maximum Gasteiger partial charge on any atom is 0.247 e. The van der Waals surface area contributed by atoms with Crippen molar-refractivity contribution in [1.29, 1.82) is 5.26 Å². The molecule has 4 fully saturated rings. The molecule has 3 aromatic rings. The van der Waals surface area contributed by atoms with Crippen LogP contribution >= 0.6 is 0 Å². The molecule has 2 aromatic carbocycles. The Kier molecular flexibility index (Phi) is 8.45. The van der Waals surface area contributed by atoms with Crippen LogP contribution in [0.1, 0.15) is 42.9 Å². The zero-order chi connectivity index (χ0) is 31.6. The summed E-state index contributed by atoms with van der Waals surface area (Å²) in [5.74, 6) is 1.44. The number of hydroxylamine groups is 1. The molecular formula is C34H38N8O4. The Hall–Kier alpha value is -4.70. The molecule has 1 aromatic heterocycles. The van der Waals surface area contributed by atoms with Gasteiger partial charge in [0.05, 0.1) is 61.2 Å². The van der Waals surface area contributed by atoms with Crippen LogP contribution in [-0.4, -0.2) is 78.9 Å². The second-order valence-electron chi connectivity index (χ2n) is 12.1. The largest absolute Gasteiger partial charge is 0.494 e. The summed E-state index contributed by atoms with van der Waals surface area (Å²) in [6, 6.07) is 16.4. The van der Waals surface area contributed by atoms with Gasteiger partial charge in [-0.3, -0.25) is 14.5 Å². The van der Waals surface area contributed by atoms with E-state index in [4.69, 9.17) is 14.3 Å². The Labute approximate surface area is 268 Å². The van der Waals surface area contributed by atoms with Crippen LogP contribution in [0.4, 0.5) is 28.7 Å². The van der Waals surface area contributed by atoms with E-state index in [1.165, 1.54) is 12.4 Å². The molecule has 12 heteroatoms. The summed E-state index contributed by atoms with van der Waals surface area (Å²) < 4.78 is 11.7. The van der Waals surface area contributed by atoms with Crippen LogP contribution in [0.5, 0.6) is 5.75 Å². The van der Waals surface area contributed by atoms with Gasteiger partial charge in [0.25, 0.3) is 0 Å². The first-order valence-corrected chi connectivity index (χ1v) is 15.8. The number of piperidine rings is 1. The molecule has 0 radical (unpaired) electrons. The lowest BCUT2D eigenvalue weighted by atomic mass is 10.0. The molecule has 4 saturated heterocycles. The highest BCUT2D eigenvalue weighted by Gasteiger charge is 2.42. The number of amides is 1. The van der Waals surface area contributed by atoms with Crippen LogP contribution in [0, 0.1) is 11.3 Å². The molecule has 5 heterocycles. The highest BCUT2D eigenvalue weighted by molar-refractivity contribution is 6.02. The van der Waals surface area contributed by atoms with E-state index in [1.54, 1.807) is 18.2 Å². The summed E-state index contributed by atoms with van der Waals surface area (Å²) in [6.45, 7) is 7.81. The number of carbonyl (C=O) groups excluding carboxylic acids is 1. The highest BCUT2D eigenvalue weighted by Crippen LogP contribution is 2.41. The number of rotatable bonds is 9. The van der Waals surface area contributed by atoms with Crippen molar-refractivity contribution in [2.75, 3.05) is 60.6 Å². The minimum atomic E-state index is -0.289. The van der Waals surface area contributed by atoms with E-state index in [0.717, 1.165) is 63.2 Å². The molecule has 4 aliphatic rings. The van der Waals surface area contributed by atoms with Crippen molar-refractivity contribution in [3.05, 3.63) is 72.6 Å². The number of anilines is 5. The lowest BCUT2D eigenvalue weighted by molar-refractivity contribution is -0.111. The molecule has 0 saturated carbocycles. The number of likely N-dealkylation sites (tertiary alicyclic amines) is 1. The molecule has 12 nitrogen and oxygen atoms in total. The van der Waals surface area contributed by atoms with Gasteiger partial charge in [-0.1, -0.05) is 18.7 Å². The molecule has 2 bridgehead atoms. The number of morpholine rings is 1. The Bertz CT molecular complexity index is 1650. The minimum Gasteiger partial charge on any atom is -0.494 e. The summed E-state index contributed by atoms with van der Waals surface area (Å²) >= 11 is 0. The van der Waals surface area contributed by atoms with Gasteiger partial charge in [0.15, 0.2) is 5.82 Å². The summed E-state index contributed by atoms with van der Waals surface area (Å²) in [5, 5.41) is 17.5. The molecule has 1 amide bonds. The molecule has 0 spiro atoms. The Balaban J connectivity index is 1.12. The topological polar surface area (TPSA) is 128 Å². The Morgan fingerprint density at radius 3 is 2.74 bits per heavy atom. The van der Waals surface area contributed by atoms with E-state index < -0.39 is 0 Å². The molecule has 3 atom stereocenters. The van der Waals surface area contributed by atoms with Gasteiger partial charge in [0.2, 0.25) is 5.91 Å². The standard InChI is InChI=1S/C34H38N8O4/c1-3-34(43)39-27-15-28(31(44-2)16-30(27)40-10-7-24(8-11-40)41-19-26-14-25(41)20-45-26)38-32-17-33(37-21-36-32)42-29(9-12-46-42)23-6-4-5-22(13-23)18-35/h3-6,13,15-17,21,24-26,29H,1,7-12,14,19-20H2,2H3,(H,39,43)(H,36,37,38)/t25-,26-,29-/m1/s1. The second-order valence-corrected chi connectivity index (χ2v) is 12.1. The van der Waals surface area contributed by atoms with Gasteiger partial charge >= 0.3 is 0 Å². The summed E-state index contributed by atoms with van der Waals surface area (Å²) in [4.78, 5) is 32.4. The fraction of sp³-hybridized carbons (Fsp3) is 0.412. The molecule has 238 valence electrons. The van der Waals surface area contributed by atoms with Crippen LogP contribution in [0.3, 0.4) is 0 Å². The van der Waals surface area contributed by atoms with E-state index in [2.05, 4.69) is 43.0 Å². The molecule has 7 rings (SSSR count). The van der Waals surface area contributed by atoms with Crippen molar-refractivity contribution in [3.8, 4) is 11.8 Å². The fourth-order valence-corrected chi connectivity index (χ4v) is 7.18. The first kappa shape index (κ1) is 30.0. The first-order chi connectivity index (χ1) is 22.5. The van der Waals surface area contributed by atoms with E-state index >= 15 is 0 Å². The van der Waals surface area contributed by atoms with Crippen LogP contribution in [-0.2, 0) is 14.4 Å². The average molecular weight is 623 g/mol. The zero-order valence-electron chi connectivity index (χ0n) is 25.9. The summed E-state index contributed by atoms with van der Waals surface area (Å²) in [7, 11) is 1.63. The first-order valence-electron chi connectivity index (χ1n) is 15.8. The van der Waals surface area contributed by atoms with Gasteiger partial charge in [-0.25, -0.2) is 15.0 Å². The van der Waals surface area contributed by atoms with Gasteiger partial charge in [-0.2, -0.15) is 5.26 Å². The van der Waals surface area contributed by atoms with Gasteiger partial charge in [0.1, 0.15) is 17.9 Å². The molecule has 4 aliphatic heterocycles. The Morgan fingerprint density at radius 2 is 2.00 bits per heavy atom. The predicted molar refractivity (Wildman–Crippen MR) is 174 cm³/mol. The average Bonchev–Trinajstić information content (AvgIpc) is 3.87. The molecule has 46 heavy (non-hydrogen) atoms. The lowest BCUT2D eigenvalue weighted by Gasteiger charge is -2.41. The van der Waals surface area contributed by atoms with Gasteiger partial charge in [-0.05, 0) is 49.1 Å². The third kappa shape index (κ3) is 5.97. The number of hydrogen-bond donors (Lipinski definition) is 2. The molecule has 0 aliphatic carbocycles. The van der Waals surface area contributed by atoms with Crippen LogP contribution in [0.25, 0.3) is 0 Å². The van der Waals surface area contributed by atoms with E-state index in [9.17, 15) is 10.1 Å². The second kappa shape index (κ2) is 13.0. The number of aromatic nitrogens is 2. The van der Waals surface area contributed by atoms with E-state index in [0.29, 0.717) is 59.1 Å². The van der Waals surface area contributed by atoms with Crippen LogP contribution in [0.2, 0.25) is 0 Å². The number of methoxy groups -OCH3 is 1. The SMILES string of the molecule is C=CC(=O)Nc1cc(Nc2cc(N3OCC[C@@H]3c3cccc(C#N)c3)ncn2)c(OC)cc1N1CCC(N2C[C@H]3C[C@@H]2CO3)CC1. The van der Waals surface area contributed by atoms with E-state index in [-0.39, 0.29) is 11.9 Å².